The highest BCUT2D eigenvalue weighted by Gasteiger charge is 2.00. The summed E-state index contributed by atoms with van der Waals surface area (Å²) in [6.07, 6.45) is 3.41. The second-order valence-electron chi connectivity index (χ2n) is 3.95. The molecule has 0 aliphatic heterocycles. The van der Waals surface area contributed by atoms with Crippen molar-refractivity contribution in [2.45, 2.75) is 32.6 Å². The van der Waals surface area contributed by atoms with E-state index in [1.54, 1.807) is 0 Å². The molecule has 0 unspecified atom stereocenters. The first kappa shape index (κ1) is 12.6. The van der Waals surface area contributed by atoms with Gasteiger partial charge in [-0.25, -0.2) is 0 Å². The summed E-state index contributed by atoms with van der Waals surface area (Å²) < 4.78 is 0. The molecule has 88 valence electrons. The maximum atomic E-state index is 11.3. The summed E-state index contributed by atoms with van der Waals surface area (Å²) in [4.78, 5) is 11.3. The Balaban J connectivity index is 2.20. The third kappa shape index (κ3) is 4.82. The number of amides is 1. The molecule has 0 radical (unpaired) electrons. The van der Waals surface area contributed by atoms with Gasteiger partial charge in [0.1, 0.15) is 0 Å². The first-order chi connectivity index (χ1) is 7.72. The minimum absolute atomic E-state index is 0.150. The quantitative estimate of drug-likeness (QED) is 0.721. The molecule has 16 heavy (non-hydrogen) atoms. The van der Waals surface area contributed by atoms with Crippen molar-refractivity contribution in [3.8, 4) is 0 Å². The lowest BCUT2D eigenvalue weighted by Gasteiger charge is -2.04. The number of anilines is 1. The molecule has 0 spiro atoms. The Labute approximate surface area is 97.0 Å². The van der Waals surface area contributed by atoms with Gasteiger partial charge in [0.15, 0.2) is 0 Å². The van der Waals surface area contributed by atoms with Gasteiger partial charge in [-0.1, -0.05) is 19.1 Å². The fraction of sp³-hybridized carbons (Fsp3) is 0.462. The predicted octanol–water partition coefficient (Wildman–Crippen LogP) is 2.12. The number of hydrogen-bond acceptors (Lipinski definition) is 2. The van der Waals surface area contributed by atoms with Crippen molar-refractivity contribution in [1.29, 1.82) is 0 Å². The molecular formula is C13H20N2O. The molecule has 0 saturated carbocycles. The van der Waals surface area contributed by atoms with Crippen molar-refractivity contribution in [3.05, 3.63) is 29.8 Å². The molecule has 1 amide bonds. The van der Waals surface area contributed by atoms with Crippen LogP contribution in [0.3, 0.4) is 0 Å². The Hall–Kier alpha value is -1.51. The van der Waals surface area contributed by atoms with E-state index >= 15 is 0 Å². The summed E-state index contributed by atoms with van der Waals surface area (Å²) in [5.74, 6) is 0.150. The van der Waals surface area contributed by atoms with Crippen molar-refractivity contribution in [3.63, 3.8) is 0 Å². The minimum Gasteiger partial charge on any atom is -0.399 e. The fourth-order valence-electron chi connectivity index (χ4n) is 1.49. The molecule has 1 aromatic carbocycles. The Bertz CT molecular complexity index is 319. The first-order valence-corrected chi connectivity index (χ1v) is 5.83. The minimum atomic E-state index is 0.150. The SMILES string of the molecule is CCCNC(=O)CCCc1ccc(N)cc1. The molecule has 0 aliphatic carbocycles. The number of nitrogens with one attached hydrogen (secondary N) is 1. The largest absolute Gasteiger partial charge is 0.399 e. The summed E-state index contributed by atoms with van der Waals surface area (Å²) >= 11 is 0. The van der Waals surface area contributed by atoms with Gasteiger partial charge < -0.3 is 11.1 Å². The van der Waals surface area contributed by atoms with Crippen LogP contribution in [-0.2, 0) is 11.2 Å². The van der Waals surface area contributed by atoms with E-state index in [2.05, 4.69) is 12.2 Å². The maximum absolute atomic E-state index is 11.3. The summed E-state index contributed by atoms with van der Waals surface area (Å²) in [5.41, 5.74) is 7.61. The highest BCUT2D eigenvalue weighted by atomic mass is 16.1. The van der Waals surface area contributed by atoms with Gasteiger partial charge in [-0.3, -0.25) is 4.79 Å². The Kier molecular flexibility index (Phi) is 5.40. The van der Waals surface area contributed by atoms with Gasteiger partial charge in [-0.2, -0.15) is 0 Å². The average molecular weight is 220 g/mol. The molecule has 0 bridgehead atoms. The molecule has 0 aromatic heterocycles. The van der Waals surface area contributed by atoms with Crippen LogP contribution in [0.2, 0.25) is 0 Å². The zero-order valence-electron chi connectivity index (χ0n) is 9.83. The standard InChI is InChI=1S/C13H20N2O/c1-2-10-15-13(16)5-3-4-11-6-8-12(14)9-7-11/h6-9H,2-5,10,14H2,1H3,(H,15,16). The van der Waals surface area contributed by atoms with E-state index in [9.17, 15) is 4.79 Å². The normalized spacial score (nSPS) is 10.1. The van der Waals surface area contributed by atoms with Gasteiger partial charge in [0.2, 0.25) is 5.91 Å². The Morgan fingerprint density at radius 2 is 2.00 bits per heavy atom. The van der Waals surface area contributed by atoms with Crippen LogP contribution >= 0.6 is 0 Å². The Morgan fingerprint density at radius 1 is 1.31 bits per heavy atom. The molecule has 0 atom stereocenters. The van der Waals surface area contributed by atoms with Crippen LogP contribution in [0.1, 0.15) is 31.7 Å². The van der Waals surface area contributed by atoms with E-state index in [4.69, 9.17) is 5.73 Å². The van der Waals surface area contributed by atoms with Gasteiger partial charge in [0.05, 0.1) is 0 Å². The molecule has 0 fully saturated rings. The number of nitrogen functional groups attached to an aromatic ring is 1. The molecule has 3 N–H and O–H groups in total. The molecule has 1 aromatic rings. The van der Waals surface area contributed by atoms with E-state index in [1.807, 2.05) is 24.3 Å². The summed E-state index contributed by atoms with van der Waals surface area (Å²) in [7, 11) is 0. The van der Waals surface area contributed by atoms with Crippen LogP contribution < -0.4 is 11.1 Å². The van der Waals surface area contributed by atoms with Gasteiger partial charge in [0, 0.05) is 18.7 Å². The number of rotatable bonds is 6. The second-order valence-corrected chi connectivity index (χ2v) is 3.95. The van der Waals surface area contributed by atoms with Gasteiger partial charge in [0.25, 0.3) is 0 Å². The molecule has 1 rings (SSSR count). The highest BCUT2D eigenvalue weighted by molar-refractivity contribution is 5.75. The molecule has 3 nitrogen and oxygen atoms in total. The topological polar surface area (TPSA) is 55.1 Å². The zero-order valence-corrected chi connectivity index (χ0v) is 9.83. The fourth-order valence-corrected chi connectivity index (χ4v) is 1.49. The lowest BCUT2D eigenvalue weighted by atomic mass is 10.1. The van der Waals surface area contributed by atoms with E-state index < -0.39 is 0 Å². The van der Waals surface area contributed by atoms with Gasteiger partial charge >= 0.3 is 0 Å². The number of nitrogens with two attached hydrogens (primary N) is 1. The van der Waals surface area contributed by atoms with Crippen LogP contribution in [0.15, 0.2) is 24.3 Å². The molecule has 0 aliphatic rings. The number of carbonyl (C=O) groups is 1. The van der Waals surface area contributed by atoms with Gasteiger partial charge in [-0.15, -0.1) is 0 Å². The number of hydrogen-bond donors (Lipinski definition) is 2. The van der Waals surface area contributed by atoms with Crippen molar-refractivity contribution >= 4 is 11.6 Å². The van der Waals surface area contributed by atoms with E-state index in [0.29, 0.717) is 6.42 Å². The summed E-state index contributed by atoms with van der Waals surface area (Å²) in [5, 5.41) is 2.87. The first-order valence-electron chi connectivity index (χ1n) is 5.83. The lowest BCUT2D eigenvalue weighted by Crippen LogP contribution is -2.23. The molecule has 0 saturated heterocycles. The number of carbonyl (C=O) groups excluding carboxylic acids is 1. The number of aryl methyl sites for hydroxylation is 1. The Morgan fingerprint density at radius 3 is 2.62 bits per heavy atom. The smallest absolute Gasteiger partial charge is 0.220 e. The monoisotopic (exact) mass is 220 g/mol. The molecular weight excluding hydrogens is 200 g/mol. The van der Waals surface area contributed by atoms with E-state index in [0.717, 1.165) is 31.5 Å². The van der Waals surface area contributed by atoms with Gasteiger partial charge in [-0.05, 0) is 37.0 Å². The lowest BCUT2D eigenvalue weighted by molar-refractivity contribution is -0.121. The number of benzene rings is 1. The van der Waals surface area contributed by atoms with E-state index in [1.165, 1.54) is 5.56 Å². The molecule has 3 heteroatoms. The van der Waals surface area contributed by atoms with Crippen LogP contribution in [0.25, 0.3) is 0 Å². The van der Waals surface area contributed by atoms with Crippen LogP contribution in [0.5, 0.6) is 0 Å². The van der Waals surface area contributed by atoms with Crippen molar-refractivity contribution in [2.75, 3.05) is 12.3 Å². The average Bonchev–Trinajstić information content (AvgIpc) is 2.29. The van der Waals surface area contributed by atoms with Crippen molar-refractivity contribution < 1.29 is 4.79 Å². The third-order valence-electron chi connectivity index (χ3n) is 2.42. The molecule has 0 heterocycles. The zero-order chi connectivity index (χ0) is 11.8. The second kappa shape index (κ2) is 6.88. The van der Waals surface area contributed by atoms with E-state index in [-0.39, 0.29) is 5.91 Å². The summed E-state index contributed by atoms with van der Waals surface area (Å²) in [6, 6.07) is 7.82. The highest BCUT2D eigenvalue weighted by Crippen LogP contribution is 2.08. The van der Waals surface area contributed by atoms with Crippen LogP contribution in [0.4, 0.5) is 5.69 Å². The van der Waals surface area contributed by atoms with Crippen LogP contribution in [0, 0.1) is 0 Å². The maximum Gasteiger partial charge on any atom is 0.220 e. The van der Waals surface area contributed by atoms with Crippen LogP contribution in [-0.4, -0.2) is 12.5 Å². The summed E-state index contributed by atoms with van der Waals surface area (Å²) in [6.45, 7) is 2.83. The predicted molar refractivity (Wildman–Crippen MR) is 67.1 cm³/mol. The van der Waals surface area contributed by atoms with Crippen molar-refractivity contribution in [2.24, 2.45) is 0 Å². The van der Waals surface area contributed by atoms with Crippen molar-refractivity contribution in [1.82, 2.24) is 5.32 Å². The third-order valence-corrected chi connectivity index (χ3v) is 2.42.